The van der Waals surface area contributed by atoms with Crippen LogP contribution in [0.5, 0.6) is 0 Å². The number of hydrogen-bond donors (Lipinski definition) is 0. The molecule has 0 bridgehead atoms. The number of aryl methyl sites for hydroxylation is 2. The van der Waals surface area contributed by atoms with E-state index in [-0.39, 0.29) is 29.3 Å². The van der Waals surface area contributed by atoms with Crippen molar-refractivity contribution in [1.29, 1.82) is 0 Å². The minimum absolute atomic E-state index is 0.0257. The van der Waals surface area contributed by atoms with Crippen LogP contribution in [0.2, 0.25) is 0 Å². The van der Waals surface area contributed by atoms with Crippen LogP contribution in [-0.2, 0) is 9.59 Å². The summed E-state index contributed by atoms with van der Waals surface area (Å²) >= 11 is 0. The molecule has 190 valence electrons. The summed E-state index contributed by atoms with van der Waals surface area (Å²) in [6, 6.07) is 13.0. The first-order chi connectivity index (χ1) is 17.8. The third kappa shape index (κ3) is 5.08. The molecule has 6 nitrogen and oxygen atoms in total. The van der Waals surface area contributed by atoms with Gasteiger partial charge >= 0.3 is 0 Å². The molecule has 0 atom stereocenters. The predicted octanol–water partition coefficient (Wildman–Crippen LogP) is 5.08. The molecule has 1 saturated heterocycles. The Morgan fingerprint density at radius 2 is 1.46 bits per heavy atom. The highest BCUT2D eigenvalue weighted by molar-refractivity contribution is 6.10. The predicted molar refractivity (Wildman–Crippen MR) is 137 cm³/mol. The van der Waals surface area contributed by atoms with Gasteiger partial charge in [0, 0.05) is 37.1 Å². The summed E-state index contributed by atoms with van der Waals surface area (Å²) in [6.07, 6.45) is 4.62. The number of ketones is 2. The Balaban J connectivity index is 1.26. The van der Waals surface area contributed by atoms with Crippen molar-refractivity contribution in [2.45, 2.75) is 45.4 Å². The highest BCUT2D eigenvalue weighted by Crippen LogP contribution is 2.40. The second-order valence-corrected chi connectivity index (χ2v) is 10.3. The Morgan fingerprint density at radius 3 is 2.03 bits per heavy atom. The Kier molecular flexibility index (Phi) is 6.96. The van der Waals surface area contributed by atoms with E-state index in [1.165, 1.54) is 0 Å². The Morgan fingerprint density at radius 1 is 0.892 bits per heavy atom. The molecular formula is C30H30FN3O3. The molecule has 7 heteroatoms. The number of likely N-dealkylation sites (tertiary alicyclic amines) is 1. The Labute approximate surface area is 215 Å². The minimum atomic E-state index is -0.751. The third-order valence-electron chi connectivity index (χ3n) is 7.85. The van der Waals surface area contributed by atoms with E-state index >= 15 is 0 Å². The van der Waals surface area contributed by atoms with Crippen LogP contribution in [0.15, 0.2) is 54.9 Å². The van der Waals surface area contributed by atoms with Crippen molar-refractivity contribution >= 4 is 17.5 Å². The molecule has 1 aromatic heterocycles. The highest BCUT2D eigenvalue weighted by atomic mass is 19.1. The molecule has 2 aliphatic rings. The van der Waals surface area contributed by atoms with Gasteiger partial charge in [0.05, 0.1) is 12.4 Å². The fourth-order valence-corrected chi connectivity index (χ4v) is 6.02. The van der Waals surface area contributed by atoms with Gasteiger partial charge in [-0.1, -0.05) is 18.2 Å². The molecule has 2 heterocycles. The first-order valence-electron chi connectivity index (χ1n) is 12.8. The fourth-order valence-electron chi connectivity index (χ4n) is 6.02. The molecule has 0 radical (unpaired) electrons. The van der Waals surface area contributed by atoms with Crippen LogP contribution >= 0.6 is 0 Å². The smallest absolute Gasteiger partial charge is 0.253 e. The number of hydrogen-bond acceptors (Lipinski definition) is 5. The second-order valence-electron chi connectivity index (χ2n) is 10.3. The van der Waals surface area contributed by atoms with Crippen LogP contribution in [0.25, 0.3) is 11.4 Å². The summed E-state index contributed by atoms with van der Waals surface area (Å²) in [6.45, 7) is 5.07. The zero-order valence-electron chi connectivity index (χ0n) is 21.1. The molecule has 3 aromatic rings. The van der Waals surface area contributed by atoms with Gasteiger partial charge in [0.25, 0.3) is 5.91 Å². The number of carbonyl (C=O) groups excluding carboxylic acids is 3. The summed E-state index contributed by atoms with van der Waals surface area (Å²) < 4.78 is 13.2. The number of benzene rings is 2. The van der Waals surface area contributed by atoms with Crippen molar-refractivity contribution in [2.75, 3.05) is 13.1 Å². The van der Waals surface area contributed by atoms with Gasteiger partial charge in [0.2, 0.25) is 0 Å². The number of aromatic nitrogens is 2. The van der Waals surface area contributed by atoms with Crippen molar-refractivity contribution in [3.05, 3.63) is 82.9 Å². The van der Waals surface area contributed by atoms with Crippen LogP contribution in [0.4, 0.5) is 4.39 Å². The first-order valence-corrected chi connectivity index (χ1v) is 12.8. The normalized spacial score (nSPS) is 20.8. The van der Waals surface area contributed by atoms with E-state index in [4.69, 9.17) is 0 Å². The maximum Gasteiger partial charge on any atom is 0.253 e. The summed E-state index contributed by atoms with van der Waals surface area (Å²) in [4.78, 5) is 49.5. The number of Topliss-reactive ketones (excluding diaryl/α,β-unsaturated/α-hetero) is 2. The zero-order chi connectivity index (χ0) is 26.1. The first kappa shape index (κ1) is 24.9. The second kappa shape index (κ2) is 10.3. The zero-order valence-corrected chi connectivity index (χ0v) is 21.1. The standard InChI is InChI=1S/C30H30FN3O3/c1-18-12-23(29-32-16-24(31)17-33-29)13-19(2)27(18)28-25(35)14-22(15-26(28)36)20-8-10-34(11-9-20)30(37)21-6-4-3-5-7-21/h3-7,12-13,16-17,20,22,28H,8-11,14-15H2,1-2H3. The molecule has 2 aromatic carbocycles. The van der Waals surface area contributed by atoms with Gasteiger partial charge in [-0.15, -0.1) is 0 Å². The highest BCUT2D eigenvalue weighted by Gasteiger charge is 2.41. The average Bonchev–Trinajstić information content (AvgIpc) is 2.90. The van der Waals surface area contributed by atoms with Crippen molar-refractivity contribution in [1.82, 2.24) is 14.9 Å². The molecule has 5 rings (SSSR count). The number of amides is 1. The molecule has 1 amide bonds. The number of rotatable bonds is 4. The lowest BCUT2D eigenvalue weighted by Crippen LogP contribution is -2.42. The van der Waals surface area contributed by atoms with Gasteiger partial charge in [-0.2, -0.15) is 0 Å². The maximum absolute atomic E-state index is 13.4. The van der Waals surface area contributed by atoms with E-state index in [2.05, 4.69) is 9.97 Å². The summed E-state index contributed by atoms with van der Waals surface area (Å²) in [5, 5.41) is 0. The van der Waals surface area contributed by atoms with Gasteiger partial charge in [-0.25, -0.2) is 14.4 Å². The largest absolute Gasteiger partial charge is 0.339 e. The molecular weight excluding hydrogens is 469 g/mol. The van der Waals surface area contributed by atoms with Crippen molar-refractivity contribution in [2.24, 2.45) is 11.8 Å². The van der Waals surface area contributed by atoms with E-state index < -0.39 is 11.7 Å². The van der Waals surface area contributed by atoms with Gasteiger partial charge in [0.1, 0.15) is 17.5 Å². The lowest BCUT2D eigenvalue weighted by molar-refractivity contribution is -0.134. The molecule has 0 unspecified atom stereocenters. The quantitative estimate of drug-likeness (QED) is 0.468. The topological polar surface area (TPSA) is 80.2 Å². The lowest BCUT2D eigenvalue weighted by Gasteiger charge is -2.38. The monoisotopic (exact) mass is 499 g/mol. The molecule has 37 heavy (non-hydrogen) atoms. The number of piperidine rings is 1. The number of halogens is 1. The summed E-state index contributed by atoms with van der Waals surface area (Å²) in [5.41, 5.74) is 3.85. The molecule has 1 aliphatic heterocycles. The van der Waals surface area contributed by atoms with E-state index in [9.17, 15) is 18.8 Å². The number of carbonyl (C=O) groups is 3. The molecule has 1 aliphatic carbocycles. The maximum atomic E-state index is 13.4. The van der Waals surface area contributed by atoms with Crippen molar-refractivity contribution in [3.8, 4) is 11.4 Å². The van der Waals surface area contributed by atoms with Crippen LogP contribution in [0.3, 0.4) is 0 Å². The fraction of sp³-hybridized carbons (Fsp3) is 0.367. The van der Waals surface area contributed by atoms with E-state index in [0.717, 1.165) is 47.5 Å². The molecule has 0 spiro atoms. The van der Waals surface area contributed by atoms with Gasteiger partial charge in [-0.05, 0) is 79.5 Å². The van der Waals surface area contributed by atoms with Gasteiger partial charge in [-0.3, -0.25) is 14.4 Å². The Bertz CT molecular complexity index is 1290. The summed E-state index contributed by atoms with van der Waals surface area (Å²) in [7, 11) is 0. The van der Waals surface area contributed by atoms with Crippen LogP contribution in [-0.4, -0.2) is 45.4 Å². The van der Waals surface area contributed by atoms with Gasteiger partial charge < -0.3 is 4.90 Å². The van der Waals surface area contributed by atoms with Crippen LogP contribution < -0.4 is 0 Å². The van der Waals surface area contributed by atoms with Crippen molar-refractivity contribution in [3.63, 3.8) is 0 Å². The average molecular weight is 500 g/mol. The molecule has 0 N–H and O–H groups in total. The third-order valence-corrected chi connectivity index (χ3v) is 7.85. The number of nitrogens with zero attached hydrogens (tertiary/aromatic N) is 3. The van der Waals surface area contributed by atoms with Gasteiger partial charge in [0.15, 0.2) is 11.6 Å². The van der Waals surface area contributed by atoms with Crippen LogP contribution in [0, 0.1) is 31.5 Å². The molecule has 1 saturated carbocycles. The van der Waals surface area contributed by atoms with Crippen molar-refractivity contribution < 1.29 is 18.8 Å². The molecule has 2 fully saturated rings. The lowest BCUT2D eigenvalue weighted by atomic mass is 9.69. The van der Waals surface area contributed by atoms with E-state index in [0.29, 0.717) is 37.3 Å². The SMILES string of the molecule is Cc1cc(-c2ncc(F)cn2)cc(C)c1C1C(=O)CC(C2CCN(C(=O)c3ccccc3)CC2)CC1=O. The Hall–Kier alpha value is -3.74. The van der Waals surface area contributed by atoms with E-state index in [1.54, 1.807) is 0 Å². The summed E-state index contributed by atoms with van der Waals surface area (Å²) in [5.74, 6) is -0.587. The minimum Gasteiger partial charge on any atom is -0.339 e. The van der Waals surface area contributed by atoms with E-state index in [1.807, 2.05) is 61.2 Å². The van der Waals surface area contributed by atoms with Crippen LogP contribution in [0.1, 0.15) is 58.6 Å².